The summed E-state index contributed by atoms with van der Waals surface area (Å²) in [6, 6.07) is 4.62. The van der Waals surface area contributed by atoms with Gasteiger partial charge in [-0.3, -0.25) is 4.79 Å². The van der Waals surface area contributed by atoms with Gasteiger partial charge in [-0.15, -0.1) is 0 Å². The van der Waals surface area contributed by atoms with Crippen molar-refractivity contribution in [2.24, 2.45) is 11.1 Å². The van der Waals surface area contributed by atoms with E-state index in [-0.39, 0.29) is 23.6 Å². The molecule has 0 bridgehead atoms. The molecule has 0 radical (unpaired) electrons. The Kier molecular flexibility index (Phi) is 3.15. The quantitative estimate of drug-likeness (QED) is 0.816. The molecule has 0 atom stereocenters. The van der Waals surface area contributed by atoms with E-state index >= 15 is 0 Å². The van der Waals surface area contributed by atoms with Gasteiger partial charge in [0, 0.05) is 12.0 Å². The fourth-order valence-electron chi connectivity index (χ4n) is 2.26. The Morgan fingerprint density at radius 3 is 2.71 bits per heavy atom. The van der Waals surface area contributed by atoms with Crippen molar-refractivity contribution < 1.29 is 13.9 Å². The van der Waals surface area contributed by atoms with Crippen molar-refractivity contribution in [1.82, 2.24) is 0 Å². The van der Waals surface area contributed by atoms with E-state index < -0.39 is 11.2 Å². The molecule has 0 saturated heterocycles. The van der Waals surface area contributed by atoms with E-state index in [1.807, 2.05) is 0 Å². The summed E-state index contributed by atoms with van der Waals surface area (Å²) in [4.78, 5) is 12.3. The molecule has 2 rings (SSSR count). The zero-order chi connectivity index (χ0) is 12.5. The first kappa shape index (κ1) is 12.0. The molecule has 0 spiro atoms. The number of Topliss-reactive ketones (excluding diaryl/α,β-unsaturated/α-hetero) is 1. The van der Waals surface area contributed by atoms with E-state index in [1.54, 1.807) is 6.07 Å². The molecule has 2 N–H and O–H groups in total. The number of halogens is 1. The summed E-state index contributed by atoms with van der Waals surface area (Å²) in [5.41, 5.74) is 5.20. The van der Waals surface area contributed by atoms with Crippen LogP contribution in [-0.2, 0) is 0 Å². The van der Waals surface area contributed by atoms with Crippen molar-refractivity contribution in [3.05, 3.63) is 29.6 Å². The summed E-state index contributed by atoms with van der Waals surface area (Å²) in [5, 5.41) is 0. The molecule has 1 fully saturated rings. The number of ether oxygens (including phenoxy) is 1. The first-order valence-electron chi connectivity index (χ1n) is 5.72. The number of nitrogens with two attached hydrogens (primary N) is 1. The van der Waals surface area contributed by atoms with Crippen LogP contribution < -0.4 is 10.5 Å². The van der Waals surface area contributed by atoms with Crippen LogP contribution in [0.4, 0.5) is 4.39 Å². The maximum atomic E-state index is 14.0. The number of methoxy groups -OCH3 is 1. The topological polar surface area (TPSA) is 52.3 Å². The zero-order valence-corrected chi connectivity index (χ0v) is 9.83. The molecule has 1 aromatic rings. The van der Waals surface area contributed by atoms with Gasteiger partial charge < -0.3 is 10.5 Å². The Balaban J connectivity index is 2.37. The van der Waals surface area contributed by atoms with Gasteiger partial charge in [0.2, 0.25) is 0 Å². The van der Waals surface area contributed by atoms with Crippen LogP contribution in [-0.4, -0.2) is 19.4 Å². The average molecular weight is 237 g/mol. The smallest absolute Gasteiger partial charge is 0.175 e. The Hall–Kier alpha value is -1.42. The van der Waals surface area contributed by atoms with Crippen molar-refractivity contribution in [2.75, 3.05) is 13.7 Å². The number of rotatable bonds is 4. The lowest BCUT2D eigenvalue weighted by atomic mass is 9.64. The van der Waals surface area contributed by atoms with Gasteiger partial charge in [-0.1, -0.05) is 12.5 Å². The standard InChI is InChI=1S/C13H16FNO2/c1-17-10-5-2-4-9(11(10)14)12(16)13(8-15)6-3-7-13/h2,4-5H,3,6-8,15H2,1H3. The number of carbonyl (C=O) groups excluding carboxylic acids is 1. The Bertz CT molecular complexity index is 436. The van der Waals surface area contributed by atoms with Gasteiger partial charge in [0.15, 0.2) is 17.3 Å². The molecule has 1 aliphatic rings. The third-order valence-corrected chi connectivity index (χ3v) is 3.61. The fraction of sp³-hybridized carbons (Fsp3) is 0.462. The zero-order valence-electron chi connectivity index (χ0n) is 9.83. The molecule has 0 unspecified atom stereocenters. The van der Waals surface area contributed by atoms with Gasteiger partial charge in [0.05, 0.1) is 12.7 Å². The lowest BCUT2D eigenvalue weighted by molar-refractivity contribution is 0.0630. The molecule has 3 nitrogen and oxygen atoms in total. The summed E-state index contributed by atoms with van der Waals surface area (Å²) in [5.74, 6) is -0.676. The molecule has 17 heavy (non-hydrogen) atoms. The van der Waals surface area contributed by atoms with E-state index in [4.69, 9.17) is 10.5 Å². The Morgan fingerprint density at radius 1 is 1.53 bits per heavy atom. The highest BCUT2D eigenvalue weighted by Crippen LogP contribution is 2.43. The molecule has 1 aromatic carbocycles. The predicted octanol–water partition coefficient (Wildman–Crippen LogP) is 2.15. The third-order valence-electron chi connectivity index (χ3n) is 3.61. The Labute approximate surface area is 99.8 Å². The van der Waals surface area contributed by atoms with Crippen LogP contribution in [0.1, 0.15) is 29.6 Å². The second kappa shape index (κ2) is 4.45. The van der Waals surface area contributed by atoms with Crippen LogP contribution >= 0.6 is 0 Å². The highest BCUT2D eigenvalue weighted by atomic mass is 19.1. The van der Waals surface area contributed by atoms with Gasteiger partial charge in [-0.05, 0) is 25.0 Å². The lowest BCUT2D eigenvalue weighted by Crippen LogP contribution is -2.44. The minimum Gasteiger partial charge on any atom is -0.494 e. The summed E-state index contributed by atoms with van der Waals surface area (Å²) >= 11 is 0. The van der Waals surface area contributed by atoms with Gasteiger partial charge in [0.25, 0.3) is 0 Å². The van der Waals surface area contributed by atoms with Crippen LogP contribution in [0.3, 0.4) is 0 Å². The van der Waals surface area contributed by atoms with E-state index in [2.05, 4.69) is 0 Å². The second-order valence-corrected chi connectivity index (χ2v) is 4.49. The average Bonchev–Trinajstić information content (AvgIpc) is 2.28. The van der Waals surface area contributed by atoms with E-state index in [1.165, 1.54) is 19.2 Å². The van der Waals surface area contributed by atoms with Crippen molar-refractivity contribution in [1.29, 1.82) is 0 Å². The Morgan fingerprint density at radius 2 is 2.24 bits per heavy atom. The summed E-state index contributed by atoms with van der Waals surface area (Å²) in [7, 11) is 1.38. The van der Waals surface area contributed by atoms with Crippen LogP contribution in [0.5, 0.6) is 5.75 Å². The first-order chi connectivity index (χ1) is 8.14. The summed E-state index contributed by atoms with van der Waals surface area (Å²) in [6.07, 6.45) is 2.48. The maximum Gasteiger partial charge on any atom is 0.175 e. The van der Waals surface area contributed by atoms with E-state index in [0.29, 0.717) is 0 Å². The number of benzene rings is 1. The van der Waals surface area contributed by atoms with Crippen LogP contribution in [0.25, 0.3) is 0 Å². The SMILES string of the molecule is COc1cccc(C(=O)C2(CN)CCC2)c1F. The minimum atomic E-state index is -0.584. The largest absolute Gasteiger partial charge is 0.494 e. The van der Waals surface area contributed by atoms with Crippen LogP contribution in [0.15, 0.2) is 18.2 Å². The molecule has 0 aromatic heterocycles. The van der Waals surface area contributed by atoms with Gasteiger partial charge in [0.1, 0.15) is 0 Å². The number of ketones is 1. The molecule has 0 amide bonds. The third kappa shape index (κ3) is 1.82. The molecular weight excluding hydrogens is 221 g/mol. The van der Waals surface area contributed by atoms with E-state index in [9.17, 15) is 9.18 Å². The molecule has 92 valence electrons. The van der Waals surface area contributed by atoms with Crippen molar-refractivity contribution in [3.63, 3.8) is 0 Å². The minimum absolute atomic E-state index is 0.0921. The second-order valence-electron chi connectivity index (χ2n) is 4.49. The van der Waals surface area contributed by atoms with Crippen molar-refractivity contribution in [2.45, 2.75) is 19.3 Å². The van der Waals surface area contributed by atoms with Crippen molar-refractivity contribution >= 4 is 5.78 Å². The summed E-state index contributed by atoms with van der Waals surface area (Å²) < 4.78 is 18.8. The molecular formula is C13H16FNO2. The number of hydrogen-bond donors (Lipinski definition) is 1. The van der Waals surface area contributed by atoms with Gasteiger partial charge in [-0.2, -0.15) is 0 Å². The molecule has 4 heteroatoms. The molecule has 1 saturated carbocycles. The van der Waals surface area contributed by atoms with Crippen molar-refractivity contribution in [3.8, 4) is 5.75 Å². The lowest BCUT2D eigenvalue weighted by Gasteiger charge is -2.39. The monoisotopic (exact) mass is 237 g/mol. The first-order valence-corrected chi connectivity index (χ1v) is 5.72. The fourth-order valence-corrected chi connectivity index (χ4v) is 2.26. The normalized spacial score (nSPS) is 17.4. The van der Waals surface area contributed by atoms with Gasteiger partial charge in [-0.25, -0.2) is 4.39 Å². The highest BCUT2D eigenvalue weighted by Gasteiger charge is 2.44. The van der Waals surface area contributed by atoms with Gasteiger partial charge >= 0.3 is 0 Å². The molecule has 1 aliphatic carbocycles. The van der Waals surface area contributed by atoms with Crippen LogP contribution in [0.2, 0.25) is 0 Å². The molecule has 0 heterocycles. The number of carbonyl (C=O) groups is 1. The predicted molar refractivity (Wildman–Crippen MR) is 62.6 cm³/mol. The highest BCUT2D eigenvalue weighted by molar-refractivity contribution is 6.01. The maximum absolute atomic E-state index is 14.0. The number of hydrogen-bond acceptors (Lipinski definition) is 3. The van der Waals surface area contributed by atoms with E-state index in [0.717, 1.165) is 19.3 Å². The molecule has 0 aliphatic heterocycles. The summed E-state index contributed by atoms with van der Waals surface area (Å²) in [6.45, 7) is 0.280. The van der Waals surface area contributed by atoms with Crippen LogP contribution in [0, 0.1) is 11.2 Å².